The summed E-state index contributed by atoms with van der Waals surface area (Å²) in [4.78, 5) is 12.0. The SMILES string of the molecule is Cc1ccc(C(=O)N/N=C\c2ccc(-c3ccc(C)cc3Br)o2)cc1. The van der Waals surface area contributed by atoms with Crippen LogP contribution in [-0.2, 0) is 0 Å². The molecule has 5 heteroatoms. The Balaban J connectivity index is 1.67. The highest BCUT2D eigenvalue weighted by Crippen LogP contribution is 2.30. The van der Waals surface area contributed by atoms with Gasteiger partial charge in [-0.2, -0.15) is 5.10 Å². The number of hydrogen-bond acceptors (Lipinski definition) is 3. The summed E-state index contributed by atoms with van der Waals surface area (Å²) in [5.41, 5.74) is 6.30. The van der Waals surface area contributed by atoms with E-state index in [9.17, 15) is 4.79 Å². The van der Waals surface area contributed by atoms with Crippen LogP contribution in [-0.4, -0.2) is 12.1 Å². The number of amides is 1. The molecule has 2 aromatic carbocycles. The van der Waals surface area contributed by atoms with E-state index in [0.29, 0.717) is 11.3 Å². The zero-order valence-electron chi connectivity index (χ0n) is 13.9. The van der Waals surface area contributed by atoms with Gasteiger partial charge >= 0.3 is 0 Å². The summed E-state index contributed by atoms with van der Waals surface area (Å²) in [6.07, 6.45) is 1.48. The van der Waals surface area contributed by atoms with E-state index >= 15 is 0 Å². The zero-order valence-corrected chi connectivity index (χ0v) is 15.5. The minimum atomic E-state index is -0.260. The molecule has 0 unspecified atom stereocenters. The minimum absolute atomic E-state index is 0.260. The number of halogens is 1. The van der Waals surface area contributed by atoms with Gasteiger partial charge in [0.2, 0.25) is 0 Å². The fourth-order valence-corrected chi connectivity index (χ4v) is 3.00. The molecule has 1 aromatic heterocycles. The van der Waals surface area contributed by atoms with Crippen molar-refractivity contribution in [2.45, 2.75) is 13.8 Å². The number of carbonyl (C=O) groups is 1. The van der Waals surface area contributed by atoms with Crippen molar-refractivity contribution in [1.29, 1.82) is 0 Å². The van der Waals surface area contributed by atoms with Crippen LogP contribution in [0.25, 0.3) is 11.3 Å². The number of nitrogens with zero attached hydrogens (tertiary/aromatic N) is 1. The van der Waals surface area contributed by atoms with Crippen molar-refractivity contribution >= 4 is 28.1 Å². The first-order valence-electron chi connectivity index (χ1n) is 7.79. The lowest BCUT2D eigenvalue weighted by Crippen LogP contribution is -2.17. The Hall–Kier alpha value is -2.66. The first-order chi connectivity index (χ1) is 12.0. The van der Waals surface area contributed by atoms with E-state index in [1.54, 1.807) is 12.1 Å². The van der Waals surface area contributed by atoms with Gasteiger partial charge in [-0.05, 0) is 55.8 Å². The number of aryl methyl sites for hydroxylation is 2. The van der Waals surface area contributed by atoms with Crippen LogP contribution in [0.1, 0.15) is 27.2 Å². The Morgan fingerprint density at radius 3 is 2.48 bits per heavy atom. The lowest BCUT2D eigenvalue weighted by Gasteiger charge is -2.02. The smallest absolute Gasteiger partial charge is 0.271 e. The van der Waals surface area contributed by atoms with Gasteiger partial charge in [0, 0.05) is 15.6 Å². The van der Waals surface area contributed by atoms with Crippen molar-refractivity contribution in [2.75, 3.05) is 0 Å². The van der Waals surface area contributed by atoms with E-state index in [1.807, 2.05) is 56.3 Å². The number of carbonyl (C=O) groups excluding carboxylic acids is 1. The van der Waals surface area contributed by atoms with Crippen LogP contribution in [0.15, 0.2) is 68.6 Å². The number of nitrogens with one attached hydrogen (secondary N) is 1. The van der Waals surface area contributed by atoms with E-state index in [2.05, 4.69) is 26.5 Å². The van der Waals surface area contributed by atoms with Crippen molar-refractivity contribution in [3.63, 3.8) is 0 Å². The quantitative estimate of drug-likeness (QED) is 0.493. The molecule has 0 bridgehead atoms. The van der Waals surface area contributed by atoms with E-state index in [4.69, 9.17) is 4.42 Å². The number of furan rings is 1. The molecule has 0 aliphatic carbocycles. The van der Waals surface area contributed by atoms with Crippen LogP contribution in [0.5, 0.6) is 0 Å². The van der Waals surface area contributed by atoms with E-state index in [-0.39, 0.29) is 5.91 Å². The van der Waals surface area contributed by atoms with E-state index in [1.165, 1.54) is 11.8 Å². The molecule has 0 saturated heterocycles. The molecule has 0 fully saturated rings. The highest BCUT2D eigenvalue weighted by molar-refractivity contribution is 9.10. The van der Waals surface area contributed by atoms with Crippen LogP contribution in [0, 0.1) is 13.8 Å². The van der Waals surface area contributed by atoms with Crippen molar-refractivity contribution in [3.05, 3.63) is 81.5 Å². The van der Waals surface area contributed by atoms with Crippen LogP contribution in [0.4, 0.5) is 0 Å². The highest BCUT2D eigenvalue weighted by atomic mass is 79.9. The molecule has 3 aromatic rings. The van der Waals surface area contributed by atoms with Crippen LogP contribution in [0.3, 0.4) is 0 Å². The molecule has 4 nitrogen and oxygen atoms in total. The Morgan fingerprint density at radius 2 is 1.76 bits per heavy atom. The molecular weight excluding hydrogens is 380 g/mol. The van der Waals surface area contributed by atoms with Crippen molar-refractivity contribution in [3.8, 4) is 11.3 Å². The maximum atomic E-state index is 12.0. The Morgan fingerprint density at radius 1 is 1.04 bits per heavy atom. The zero-order chi connectivity index (χ0) is 17.8. The fraction of sp³-hybridized carbons (Fsp3) is 0.100. The van der Waals surface area contributed by atoms with Gasteiger partial charge < -0.3 is 4.42 Å². The number of benzene rings is 2. The third-order valence-electron chi connectivity index (χ3n) is 3.69. The average Bonchev–Trinajstić information content (AvgIpc) is 3.04. The summed E-state index contributed by atoms with van der Waals surface area (Å²) in [6, 6.07) is 17.0. The third kappa shape index (κ3) is 4.25. The number of hydrogen-bond donors (Lipinski definition) is 1. The molecule has 0 aliphatic heterocycles. The lowest BCUT2D eigenvalue weighted by molar-refractivity contribution is 0.0955. The predicted octanol–water partition coefficient (Wildman–Crippen LogP) is 5.09. The second kappa shape index (κ2) is 7.49. The molecule has 126 valence electrons. The van der Waals surface area contributed by atoms with Gasteiger partial charge in [-0.15, -0.1) is 0 Å². The third-order valence-corrected chi connectivity index (χ3v) is 4.34. The van der Waals surface area contributed by atoms with Crippen LogP contribution >= 0.6 is 15.9 Å². The summed E-state index contributed by atoms with van der Waals surface area (Å²) in [5.74, 6) is 1.04. The molecule has 0 aliphatic rings. The van der Waals surface area contributed by atoms with Gasteiger partial charge in [-0.1, -0.05) is 39.7 Å². The molecule has 3 rings (SSSR count). The van der Waals surface area contributed by atoms with Crippen molar-refractivity contribution in [1.82, 2.24) is 5.43 Å². The van der Waals surface area contributed by atoms with Gasteiger partial charge in [0.25, 0.3) is 5.91 Å². The second-order valence-corrected chi connectivity index (χ2v) is 6.60. The van der Waals surface area contributed by atoms with Crippen molar-refractivity contribution in [2.24, 2.45) is 5.10 Å². The minimum Gasteiger partial charge on any atom is -0.455 e. The predicted molar refractivity (Wildman–Crippen MR) is 103 cm³/mol. The molecule has 0 saturated carbocycles. The summed E-state index contributed by atoms with van der Waals surface area (Å²) < 4.78 is 6.73. The lowest BCUT2D eigenvalue weighted by atomic mass is 10.1. The monoisotopic (exact) mass is 396 g/mol. The average molecular weight is 397 g/mol. The van der Waals surface area contributed by atoms with E-state index in [0.717, 1.165) is 21.4 Å². The number of hydrazone groups is 1. The standard InChI is InChI=1S/C20H17BrN2O2/c1-13-3-6-15(7-4-13)20(24)23-22-12-16-8-10-19(25-16)17-9-5-14(2)11-18(17)21/h3-12H,1-2H3,(H,23,24)/b22-12-. The molecule has 0 atom stereocenters. The highest BCUT2D eigenvalue weighted by Gasteiger charge is 2.08. The Kier molecular flexibility index (Phi) is 5.14. The Labute approximate surface area is 154 Å². The second-order valence-electron chi connectivity index (χ2n) is 5.75. The fourth-order valence-electron chi connectivity index (χ4n) is 2.31. The van der Waals surface area contributed by atoms with Gasteiger partial charge in [-0.3, -0.25) is 4.79 Å². The van der Waals surface area contributed by atoms with Gasteiger partial charge in [0.1, 0.15) is 11.5 Å². The summed E-state index contributed by atoms with van der Waals surface area (Å²) in [6.45, 7) is 4.01. The van der Waals surface area contributed by atoms with Crippen molar-refractivity contribution < 1.29 is 9.21 Å². The molecular formula is C20H17BrN2O2. The molecule has 1 amide bonds. The summed E-state index contributed by atoms with van der Waals surface area (Å²) in [7, 11) is 0. The maximum absolute atomic E-state index is 12.0. The normalized spacial score (nSPS) is 11.0. The Bertz CT molecular complexity index is 927. The molecule has 25 heavy (non-hydrogen) atoms. The molecule has 1 N–H and O–H groups in total. The largest absolute Gasteiger partial charge is 0.455 e. The first-order valence-corrected chi connectivity index (χ1v) is 8.58. The molecule has 1 heterocycles. The first kappa shape index (κ1) is 17.2. The molecule has 0 radical (unpaired) electrons. The topological polar surface area (TPSA) is 54.6 Å². The maximum Gasteiger partial charge on any atom is 0.271 e. The van der Waals surface area contributed by atoms with Gasteiger partial charge in [0.15, 0.2) is 0 Å². The van der Waals surface area contributed by atoms with Gasteiger partial charge in [-0.25, -0.2) is 5.43 Å². The summed E-state index contributed by atoms with van der Waals surface area (Å²) >= 11 is 3.55. The van der Waals surface area contributed by atoms with Crippen LogP contribution in [0.2, 0.25) is 0 Å². The molecule has 0 spiro atoms. The van der Waals surface area contributed by atoms with Gasteiger partial charge in [0.05, 0.1) is 6.21 Å². The summed E-state index contributed by atoms with van der Waals surface area (Å²) in [5, 5.41) is 3.95. The van der Waals surface area contributed by atoms with Crippen LogP contribution < -0.4 is 5.43 Å². The van der Waals surface area contributed by atoms with E-state index < -0.39 is 0 Å². The number of rotatable bonds is 4.